The summed E-state index contributed by atoms with van der Waals surface area (Å²) < 4.78 is 10.8. The summed E-state index contributed by atoms with van der Waals surface area (Å²) in [5.74, 6) is 1.97. The molecule has 0 bridgehead atoms. The molecule has 0 atom stereocenters. The molecule has 0 saturated carbocycles. The number of nitrogens with one attached hydrogen (secondary N) is 1. The van der Waals surface area contributed by atoms with Crippen molar-refractivity contribution in [1.82, 2.24) is 9.97 Å². The smallest absolute Gasteiger partial charge is 0.294 e. The van der Waals surface area contributed by atoms with Crippen LogP contribution in [-0.2, 0) is 5.75 Å². The lowest BCUT2D eigenvalue weighted by Gasteiger charge is -2.04. The predicted molar refractivity (Wildman–Crippen MR) is 94.7 cm³/mol. The Bertz CT molecular complexity index is 1080. The number of thioether (sulfide) groups is 1. The summed E-state index contributed by atoms with van der Waals surface area (Å²) >= 11 is 1.59. The molecule has 0 fully saturated rings. The van der Waals surface area contributed by atoms with E-state index in [1.165, 1.54) is 0 Å². The molecule has 0 amide bonds. The van der Waals surface area contributed by atoms with Crippen LogP contribution in [0.25, 0.3) is 22.1 Å². The van der Waals surface area contributed by atoms with Gasteiger partial charge in [-0.05, 0) is 30.3 Å². The van der Waals surface area contributed by atoms with Gasteiger partial charge < -0.3 is 14.1 Å². The van der Waals surface area contributed by atoms with E-state index in [-0.39, 0.29) is 11.1 Å². The third kappa shape index (κ3) is 2.65. The van der Waals surface area contributed by atoms with E-state index >= 15 is 0 Å². The SMILES string of the molecule is COc1cccc(SCc2nc3c(oc4ccccc43)c(=O)[nH]2)c1. The number of nitrogens with zero attached hydrogens (tertiary/aromatic N) is 1. The Morgan fingerprint density at radius 1 is 1.21 bits per heavy atom. The summed E-state index contributed by atoms with van der Waals surface area (Å²) in [6.07, 6.45) is 0. The van der Waals surface area contributed by atoms with Crippen molar-refractivity contribution in [3.05, 3.63) is 64.7 Å². The monoisotopic (exact) mass is 338 g/mol. The molecule has 0 saturated heterocycles. The average molecular weight is 338 g/mol. The number of hydrogen-bond acceptors (Lipinski definition) is 5. The maximum atomic E-state index is 12.3. The molecule has 2 aromatic heterocycles. The third-order valence-corrected chi connectivity index (χ3v) is 4.70. The number of hydrogen-bond donors (Lipinski definition) is 1. The average Bonchev–Trinajstić information content (AvgIpc) is 3.00. The lowest BCUT2D eigenvalue weighted by atomic mass is 10.2. The normalized spacial score (nSPS) is 11.2. The highest BCUT2D eigenvalue weighted by Gasteiger charge is 2.13. The van der Waals surface area contributed by atoms with E-state index < -0.39 is 0 Å². The number of ether oxygens (including phenoxy) is 1. The van der Waals surface area contributed by atoms with Gasteiger partial charge in [-0.25, -0.2) is 4.98 Å². The number of H-pyrrole nitrogens is 1. The summed E-state index contributed by atoms with van der Waals surface area (Å²) in [5, 5.41) is 0.853. The molecule has 120 valence electrons. The summed E-state index contributed by atoms with van der Waals surface area (Å²) in [6, 6.07) is 15.3. The molecule has 24 heavy (non-hydrogen) atoms. The van der Waals surface area contributed by atoms with Gasteiger partial charge in [0.2, 0.25) is 5.58 Å². The Hall–Kier alpha value is -2.73. The molecule has 0 aliphatic heterocycles. The van der Waals surface area contributed by atoms with Crippen molar-refractivity contribution in [3.63, 3.8) is 0 Å². The van der Waals surface area contributed by atoms with E-state index in [0.29, 0.717) is 22.7 Å². The quantitative estimate of drug-likeness (QED) is 0.570. The van der Waals surface area contributed by atoms with E-state index in [1.807, 2.05) is 48.5 Å². The minimum Gasteiger partial charge on any atom is -0.497 e. The Morgan fingerprint density at radius 2 is 2.08 bits per heavy atom. The number of aromatic nitrogens is 2. The van der Waals surface area contributed by atoms with Crippen molar-refractivity contribution < 1.29 is 9.15 Å². The van der Waals surface area contributed by atoms with Gasteiger partial charge in [-0.1, -0.05) is 18.2 Å². The Kier molecular flexibility index (Phi) is 3.74. The molecule has 0 aliphatic rings. The summed E-state index contributed by atoms with van der Waals surface area (Å²) in [6.45, 7) is 0. The van der Waals surface area contributed by atoms with Gasteiger partial charge in [0.25, 0.3) is 5.56 Å². The highest BCUT2D eigenvalue weighted by molar-refractivity contribution is 7.98. The zero-order valence-corrected chi connectivity index (χ0v) is 13.7. The lowest BCUT2D eigenvalue weighted by molar-refractivity contribution is 0.413. The predicted octanol–water partition coefficient (Wildman–Crippen LogP) is 3.97. The minimum absolute atomic E-state index is 0.252. The van der Waals surface area contributed by atoms with Crippen molar-refractivity contribution in [3.8, 4) is 5.75 Å². The van der Waals surface area contributed by atoms with Crippen LogP contribution in [0.1, 0.15) is 5.82 Å². The van der Waals surface area contributed by atoms with Gasteiger partial charge in [-0.3, -0.25) is 4.79 Å². The van der Waals surface area contributed by atoms with E-state index in [0.717, 1.165) is 16.0 Å². The van der Waals surface area contributed by atoms with Crippen molar-refractivity contribution in [2.24, 2.45) is 0 Å². The van der Waals surface area contributed by atoms with Crippen molar-refractivity contribution in [2.45, 2.75) is 10.6 Å². The molecule has 0 spiro atoms. The first-order valence-corrected chi connectivity index (χ1v) is 8.40. The fraction of sp³-hybridized carbons (Fsp3) is 0.111. The van der Waals surface area contributed by atoms with Crippen LogP contribution in [0, 0.1) is 0 Å². The van der Waals surface area contributed by atoms with E-state index in [4.69, 9.17) is 9.15 Å². The largest absolute Gasteiger partial charge is 0.497 e. The Morgan fingerprint density at radius 3 is 2.96 bits per heavy atom. The first-order chi connectivity index (χ1) is 11.7. The molecule has 6 heteroatoms. The van der Waals surface area contributed by atoms with Crippen molar-refractivity contribution >= 4 is 33.8 Å². The number of rotatable bonds is 4. The second-order valence-corrected chi connectivity index (χ2v) is 6.30. The van der Waals surface area contributed by atoms with Crippen molar-refractivity contribution in [2.75, 3.05) is 7.11 Å². The number of furan rings is 1. The molecule has 1 N–H and O–H groups in total. The zero-order chi connectivity index (χ0) is 16.5. The van der Waals surface area contributed by atoms with E-state index in [2.05, 4.69) is 9.97 Å². The standard InChI is InChI=1S/C18H14N2O3S/c1-22-11-5-4-6-12(9-11)24-10-15-19-16-13-7-2-3-8-14(13)23-17(16)18(21)20-15/h2-9H,10H2,1H3,(H,19,20,21). The molecule has 0 aliphatic carbocycles. The Labute approximate surface area is 141 Å². The molecule has 2 heterocycles. The van der Waals surface area contributed by atoms with Crippen LogP contribution in [0.4, 0.5) is 0 Å². The minimum atomic E-state index is -0.252. The number of methoxy groups -OCH3 is 1. The van der Waals surface area contributed by atoms with Crippen LogP contribution < -0.4 is 10.3 Å². The maximum Gasteiger partial charge on any atom is 0.294 e. The van der Waals surface area contributed by atoms with Crippen LogP contribution in [0.5, 0.6) is 5.75 Å². The summed E-state index contributed by atoms with van der Waals surface area (Å²) in [4.78, 5) is 20.7. The zero-order valence-electron chi connectivity index (χ0n) is 12.9. The summed E-state index contributed by atoms with van der Waals surface area (Å²) in [7, 11) is 1.64. The molecule has 0 radical (unpaired) electrons. The van der Waals surface area contributed by atoms with Gasteiger partial charge in [0, 0.05) is 10.3 Å². The van der Waals surface area contributed by atoms with Gasteiger partial charge in [0.1, 0.15) is 22.7 Å². The third-order valence-electron chi connectivity index (χ3n) is 3.70. The molecule has 5 nitrogen and oxygen atoms in total. The molecular weight excluding hydrogens is 324 g/mol. The fourth-order valence-corrected chi connectivity index (χ4v) is 3.37. The molecule has 4 aromatic rings. The molecule has 2 aromatic carbocycles. The topological polar surface area (TPSA) is 68.1 Å². The first kappa shape index (κ1) is 14.8. The van der Waals surface area contributed by atoms with Gasteiger partial charge >= 0.3 is 0 Å². The van der Waals surface area contributed by atoms with Crippen LogP contribution in [0.15, 0.2) is 62.6 Å². The van der Waals surface area contributed by atoms with Crippen LogP contribution >= 0.6 is 11.8 Å². The van der Waals surface area contributed by atoms with Crippen LogP contribution in [-0.4, -0.2) is 17.1 Å². The van der Waals surface area contributed by atoms with Gasteiger partial charge in [0.05, 0.1) is 12.9 Å². The highest BCUT2D eigenvalue weighted by atomic mass is 32.2. The second-order valence-electron chi connectivity index (χ2n) is 5.26. The van der Waals surface area contributed by atoms with Gasteiger partial charge in [-0.2, -0.15) is 0 Å². The van der Waals surface area contributed by atoms with Crippen LogP contribution in [0.3, 0.4) is 0 Å². The van der Waals surface area contributed by atoms with E-state index in [9.17, 15) is 4.79 Å². The van der Waals surface area contributed by atoms with E-state index in [1.54, 1.807) is 18.9 Å². The number of para-hydroxylation sites is 1. The second kappa shape index (κ2) is 6.05. The van der Waals surface area contributed by atoms with Gasteiger partial charge in [0.15, 0.2) is 0 Å². The molecular formula is C18H14N2O3S. The summed E-state index contributed by atoms with van der Waals surface area (Å²) in [5.41, 5.74) is 1.29. The number of aromatic amines is 1. The van der Waals surface area contributed by atoms with Crippen molar-refractivity contribution in [1.29, 1.82) is 0 Å². The molecule has 4 rings (SSSR count). The number of benzene rings is 2. The maximum absolute atomic E-state index is 12.3. The fourth-order valence-electron chi connectivity index (χ4n) is 2.56. The Balaban J connectivity index is 1.69. The molecule has 0 unspecified atom stereocenters. The highest BCUT2D eigenvalue weighted by Crippen LogP contribution is 2.27. The van der Waals surface area contributed by atoms with Crippen LogP contribution in [0.2, 0.25) is 0 Å². The van der Waals surface area contributed by atoms with Gasteiger partial charge in [-0.15, -0.1) is 11.8 Å². The first-order valence-electron chi connectivity index (χ1n) is 7.42. The number of fused-ring (bicyclic) bond motifs is 3. The lowest BCUT2D eigenvalue weighted by Crippen LogP contribution is -2.10.